The molecule has 2 N–H and O–H groups in total. The van der Waals surface area contributed by atoms with E-state index in [1.54, 1.807) is 0 Å². The van der Waals surface area contributed by atoms with Crippen molar-refractivity contribution in [1.82, 2.24) is 9.78 Å². The Kier molecular flexibility index (Phi) is 2.62. The molecule has 1 aliphatic carbocycles. The van der Waals surface area contributed by atoms with Gasteiger partial charge in [-0.25, -0.2) is 4.68 Å². The maximum atomic E-state index is 6.11. The number of rotatable bonds is 3. The van der Waals surface area contributed by atoms with Gasteiger partial charge in [0, 0.05) is 12.0 Å². The number of benzene rings is 1. The first-order valence-corrected chi connectivity index (χ1v) is 6.61. The van der Waals surface area contributed by atoms with Gasteiger partial charge in [-0.1, -0.05) is 32.0 Å². The molecule has 0 aliphatic heterocycles. The van der Waals surface area contributed by atoms with E-state index in [2.05, 4.69) is 37.1 Å². The number of para-hydroxylation sites is 1. The molecule has 0 amide bonds. The Morgan fingerprint density at radius 1 is 1.28 bits per heavy atom. The lowest BCUT2D eigenvalue weighted by atomic mass is 10.0. The van der Waals surface area contributed by atoms with Crippen molar-refractivity contribution in [1.29, 1.82) is 0 Å². The van der Waals surface area contributed by atoms with Crippen molar-refractivity contribution in [2.24, 2.45) is 0 Å². The van der Waals surface area contributed by atoms with Gasteiger partial charge in [0.15, 0.2) is 0 Å². The number of nitrogens with zero attached hydrogens (tertiary/aromatic N) is 2. The number of aromatic nitrogens is 2. The Bertz CT molecular complexity index is 565. The second-order valence-corrected chi connectivity index (χ2v) is 5.39. The van der Waals surface area contributed by atoms with Crippen molar-refractivity contribution in [3.63, 3.8) is 0 Å². The van der Waals surface area contributed by atoms with Crippen molar-refractivity contribution in [3.05, 3.63) is 41.6 Å². The van der Waals surface area contributed by atoms with Gasteiger partial charge in [0.1, 0.15) is 5.82 Å². The lowest BCUT2D eigenvalue weighted by molar-refractivity contribution is 0.797. The molecule has 0 atom stereocenters. The van der Waals surface area contributed by atoms with Gasteiger partial charge < -0.3 is 5.73 Å². The molecular weight excluding hydrogens is 222 g/mol. The first-order valence-electron chi connectivity index (χ1n) is 6.61. The topological polar surface area (TPSA) is 43.8 Å². The summed E-state index contributed by atoms with van der Waals surface area (Å²) in [5, 5.41) is 4.68. The predicted octanol–water partition coefficient (Wildman–Crippen LogP) is 3.46. The van der Waals surface area contributed by atoms with Crippen LogP contribution in [-0.4, -0.2) is 9.78 Å². The fraction of sp³-hybridized carbons (Fsp3) is 0.400. The van der Waals surface area contributed by atoms with Crippen LogP contribution < -0.4 is 5.73 Å². The number of nitrogen functional groups attached to an aromatic ring is 1. The smallest absolute Gasteiger partial charge is 0.127 e. The molecule has 0 bridgehead atoms. The van der Waals surface area contributed by atoms with Gasteiger partial charge in [-0.05, 0) is 30.4 Å². The van der Waals surface area contributed by atoms with Crippen molar-refractivity contribution in [2.45, 2.75) is 38.5 Å². The zero-order chi connectivity index (χ0) is 12.7. The summed E-state index contributed by atoms with van der Waals surface area (Å²) in [6.45, 7) is 4.39. The number of hydrogen-bond acceptors (Lipinski definition) is 2. The third-order valence-corrected chi connectivity index (χ3v) is 3.54. The Balaban J connectivity index is 2.08. The van der Waals surface area contributed by atoms with Crippen LogP contribution in [0.3, 0.4) is 0 Å². The number of hydrogen-bond donors (Lipinski definition) is 1. The van der Waals surface area contributed by atoms with Gasteiger partial charge in [0.25, 0.3) is 0 Å². The molecule has 3 nitrogen and oxygen atoms in total. The van der Waals surface area contributed by atoms with E-state index in [0.717, 1.165) is 17.2 Å². The van der Waals surface area contributed by atoms with Crippen LogP contribution in [0.25, 0.3) is 5.69 Å². The molecule has 3 heteroatoms. The monoisotopic (exact) mass is 241 g/mol. The first-order chi connectivity index (χ1) is 8.66. The van der Waals surface area contributed by atoms with E-state index < -0.39 is 0 Å². The first kappa shape index (κ1) is 11.3. The third kappa shape index (κ3) is 1.90. The van der Waals surface area contributed by atoms with Crippen LogP contribution in [-0.2, 0) is 0 Å². The molecule has 3 rings (SSSR count). The second-order valence-electron chi connectivity index (χ2n) is 5.39. The van der Waals surface area contributed by atoms with Gasteiger partial charge >= 0.3 is 0 Å². The van der Waals surface area contributed by atoms with E-state index in [4.69, 9.17) is 5.73 Å². The number of nitrogens with two attached hydrogens (primary N) is 1. The van der Waals surface area contributed by atoms with E-state index >= 15 is 0 Å². The minimum Gasteiger partial charge on any atom is -0.384 e. The lowest BCUT2D eigenvalue weighted by Gasteiger charge is -2.13. The minimum absolute atomic E-state index is 0.467. The van der Waals surface area contributed by atoms with Gasteiger partial charge in [-0.15, -0.1) is 0 Å². The molecule has 1 aromatic heterocycles. The highest BCUT2D eigenvalue weighted by molar-refractivity contribution is 5.49. The summed E-state index contributed by atoms with van der Waals surface area (Å²) in [6, 6.07) is 10.4. The summed E-state index contributed by atoms with van der Waals surface area (Å²) >= 11 is 0. The number of anilines is 1. The Labute approximate surface area is 108 Å². The fourth-order valence-electron chi connectivity index (χ4n) is 2.35. The molecular formula is C15H19N3. The van der Waals surface area contributed by atoms with E-state index in [-0.39, 0.29) is 0 Å². The largest absolute Gasteiger partial charge is 0.384 e. The average Bonchev–Trinajstić information content (AvgIpc) is 3.13. The molecule has 0 radical (unpaired) electrons. The van der Waals surface area contributed by atoms with Gasteiger partial charge in [0.05, 0.1) is 11.4 Å². The summed E-state index contributed by atoms with van der Waals surface area (Å²) in [7, 11) is 0. The second kappa shape index (κ2) is 4.16. The minimum atomic E-state index is 0.467. The molecule has 1 fully saturated rings. The quantitative estimate of drug-likeness (QED) is 0.894. The summed E-state index contributed by atoms with van der Waals surface area (Å²) in [5.74, 6) is 1.85. The molecule has 1 aliphatic rings. The van der Waals surface area contributed by atoms with Crippen molar-refractivity contribution >= 4 is 5.82 Å². The summed E-state index contributed by atoms with van der Waals surface area (Å²) in [5.41, 5.74) is 9.65. The lowest BCUT2D eigenvalue weighted by Crippen LogP contribution is -2.06. The highest BCUT2D eigenvalue weighted by Crippen LogP contribution is 2.40. The highest BCUT2D eigenvalue weighted by Gasteiger charge is 2.27. The molecule has 0 saturated heterocycles. The summed E-state index contributed by atoms with van der Waals surface area (Å²) in [6.07, 6.45) is 2.50. The van der Waals surface area contributed by atoms with Gasteiger partial charge in [-0.3, -0.25) is 0 Å². The van der Waals surface area contributed by atoms with Gasteiger partial charge in [-0.2, -0.15) is 5.10 Å². The van der Waals surface area contributed by atoms with Crippen LogP contribution in [0.2, 0.25) is 0 Å². The maximum Gasteiger partial charge on any atom is 0.127 e. The normalized spacial score (nSPS) is 15.3. The van der Waals surface area contributed by atoms with Crippen LogP contribution in [0.15, 0.2) is 30.3 Å². The third-order valence-electron chi connectivity index (χ3n) is 3.54. The molecule has 1 aromatic carbocycles. The Morgan fingerprint density at radius 3 is 2.67 bits per heavy atom. The van der Waals surface area contributed by atoms with Crippen LogP contribution in [0.5, 0.6) is 0 Å². The van der Waals surface area contributed by atoms with Crippen LogP contribution >= 0.6 is 0 Å². The SMILES string of the molecule is CC(C)c1ccccc1-n1nc(C2CC2)cc1N. The average molecular weight is 241 g/mol. The van der Waals surface area contributed by atoms with Crippen molar-refractivity contribution in [2.75, 3.05) is 5.73 Å². The standard InChI is InChI=1S/C15H19N3/c1-10(2)12-5-3-4-6-14(12)18-15(16)9-13(17-18)11-7-8-11/h3-6,9-11H,7-8,16H2,1-2H3. The Morgan fingerprint density at radius 2 is 2.00 bits per heavy atom. The fourth-order valence-corrected chi connectivity index (χ4v) is 2.35. The highest BCUT2D eigenvalue weighted by atomic mass is 15.3. The summed E-state index contributed by atoms with van der Waals surface area (Å²) < 4.78 is 1.89. The predicted molar refractivity (Wildman–Crippen MR) is 74.0 cm³/mol. The van der Waals surface area contributed by atoms with Crippen LogP contribution in [0.1, 0.15) is 49.8 Å². The zero-order valence-electron chi connectivity index (χ0n) is 10.9. The van der Waals surface area contributed by atoms with Crippen molar-refractivity contribution < 1.29 is 0 Å². The van der Waals surface area contributed by atoms with Crippen LogP contribution in [0, 0.1) is 0 Å². The zero-order valence-corrected chi connectivity index (χ0v) is 10.9. The maximum absolute atomic E-state index is 6.11. The molecule has 2 aromatic rings. The molecule has 1 heterocycles. The van der Waals surface area contributed by atoms with E-state index in [1.807, 2.05) is 16.8 Å². The van der Waals surface area contributed by atoms with Gasteiger partial charge in [0.2, 0.25) is 0 Å². The Hall–Kier alpha value is -1.77. The molecule has 1 saturated carbocycles. The molecule has 0 unspecified atom stereocenters. The van der Waals surface area contributed by atoms with Crippen LogP contribution in [0.4, 0.5) is 5.82 Å². The summed E-state index contributed by atoms with van der Waals surface area (Å²) in [4.78, 5) is 0. The molecule has 94 valence electrons. The van der Waals surface area contributed by atoms with E-state index in [0.29, 0.717) is 11.8 Å². The van der Waals surface area contributed by atoms with Crippen molar-refractivity contribution in [3.8, 4) is 5.69 Å². The molecule has 18 heavy (non-hydrogen) atoms. The van der Waals surface area contributed by atoms with E-state index in [9.17, 15) is 0 Å². The van der Waals surface area contributed by atoms with E-state index in [1.165, 1.54) is 18.4 Å². The molecule has 0 spiro atoms.